The van der Waals surface area contributed by atoms with E-state index in [0.717, 1.165) is 10.0 Å². The van der Waals surface area contributed by atoms with Gasteiger partial charge in [0.1, 0.15) is 0 Å². The van der Waals surface area contributed by atoms with Crippen LogP contribution in [-0.4, -0.2) is 17.9 Å². The Morgan fingerprint density at radius 2 is 1.81 bits per heavy atom. The molecule has 0 N–H and O–H groups in total. The van der Waals surface area contributed by atoms with Crippen LogP contribution < -0.4 is 0 Å². The number of amides is 1. The van der Waals surface area contributed by atoms with E-state index in [0.29, 0.717) is 6.54 Å². The summed E-state index contributed by atoms with van der Waals surface area (Å²) in [5.74, 6) is 0.00109. The van der Waals surface area contributed by atoms with Crippen LogP contribution in [0.2, 0.25) is 0 Å². The predicted molar refractivity (Wildman–Crippen MR) is 90.8 cm³/mol. The van der Waals surface area contributed by atoms with Crippen molar-refractivity contribution in [3.8, 4) is 0 Å². The van der Waals surface area contributed by atoms with E-state index in [4.69, 9.17) is 0 Å². The predicted octanol–water partition coefficient (Wildman–Crippen LogP) is 4.43. The molecule has 2 rings (SSSR count). The summed E-state index contributed by atoms with van der Waals surface area (Å²) in [7, 11) is 1.82. The lowest BCUT2D eigenvalue weighted by molar-refractivity contribution is -0.125. The SMILES string of the molecule is Cc1ccccc1CN(C)C(=O)/C=C/c1ccc(Br)cc1. The lowest BCUT2D eigenvalue weighted by atomic mass is 10.1. The van der Waals surface area contributed by atoms with Crippen molar-refractivity contribution in [3.63, 3.8) is 0 Å². The Morgan fingerprint density at radius 1 is 1.14 bits per heavy atom. The van der Waals surface area contributed by atoms with E-state index in [-0.39, 0.29) is 5.91 Å². The van der Waals surface area contributed by atoms with E-state index in [1.54, 1.807) is 11.0 Å². The number of hydrogen-bond acceptors (Lipinski definition) is 1. The van der Waals surface area contributed by atoms with Gasteiger partial charge < -0.3 is 4.90 Å². The second-order valence-corrected chi connectivity index (χ2v) is 5.92. The van der Waals surface area contributed by atoms with Crippen molar-refractivity contribution in [1.29, 1.82) is 0 Å². The molecule has 0 aliphatic rings. The third kappa shape index (κ3) is 4.57. The van der Waals surface area contributed by atoms with Gasteiger partial charge in [-0.25, -0.2) is 0 Å². The molecule has 108 valence electrons. The fourth-order valence-corrected chi connectivity index (χ4v) is 2.25. The Bertz CT molecular complexity index is 647. The molecule has 21 heavy (non-hydrogen) atoms. The van der Waals surface area contributed by atoms with Crippen molar-refractivity contribution in [1.82, 2.24) is 4.90 Å². The summed E-state index contributed by atoms with van der Waals surface area (Å²) in [6, 6.07) is 16.0. The van der Waals surface area contributed by atoms with Crippen LogP contribution in [0.15, 0.2) is 59.1 Å². The Labute approximate surface area is 134 Å². The molecule has 2 aromatic carbocycles. The van der Waals surface area contributed by atoms with Gasteiger partial charge in [0.25, 0.3) is 0 Å². The van der Waals surface area contributed by atoms with Gasteiger partial charge in [0.05, 0.1) is 0 Å². The summed E-state index contributed by atoms with van der Waals surface area (Å²) in [5, 5.41) is 0. The Balaban J connectivity index is 1.99. The van der Waals surface area contributed by atoms with Crippen LogP contribution in [0.4, 0.5) is 0 Å². The quantitative estimate of drug-likeness (QED) is 0.752. The molecule has 0 saturated carbocycles. The number of carbonyl (C=O) groups is 1. The van der Waals surface area contributed by atoms with Crippen LogP contribution in [0.3, 0.4) is 0 Å². The van der Waals surface area contributed by atoms with Gasteiger partial charge in [0.2, 0.25) is 5.91 Å². The first-order valence-electron chi connectivity index (χ1n) is 6.79. The highest BCUT2D eigenvalue weighted by atomic mass is 79.9. The topological polar surface area (TPSA) is 20.3 Å². The molecular formula is C18H18BrNO. The lowest BCUT2D eigenvalue weighted by Crippen LogP contribution is -2.24. The van der Waals surface area contributed by atoms with E-state index in [2.05, 4.69) is 35.0 Å². The fourth-order valence-electron chi connectivity index (χ4n) is 1.99. The molecule has 0 unspecified atom stereocenters. The molecule has 0 radical (unpaired) electrons. The van der Waals surface area contributed by atoms with Crippen LogP contribution >= 0.6 is 15.9 Å². The minimum atomic E-state index is 0.00109. The van der Waals surface area contributed by atoms with Gasteiger partial charge in [-0.1, -0.05) is 52.3 Å². The lowest BCUT2D eigenvalue weighted by Gasteiger charge is -2.16. The zero-order valence-electron chi connectivity index (χ0n) is 12.2. The van der Waals surface area contributed by atoms with Crippen LogP contribution in [0, 0.1) is 6.92 Å². The van der Waals surface area contributed by atoms with Crippen LogP contribution in [0.1, 0.15) is 16.7 Å². The van der Waals surface area contributed by atoms with Gasteiger partial charge in [-0.3, -0.25) is 4.79 Å². The molecule has 0 spiro atoms. The fraction of sp³-hybridized carbons (Fsp3) is 0.167. The molecule has 0 aliphatic heterocycles. The molecule has 0 bridgehead atoms. The second-order valence-electron chi connectivity index (χ2n) is 5.01. The van der Waals surface area contributed by atoms with Crippen molar-refractivity contribution >= 4 is 27.9 Å². The highest BCUT2D eigenvalue weighted by Crippen LogP contribution is 2.12. The number of aryl methyl sites for hydroxylation is 1. The average molecular weight is 344 g/mol. The molecule has 0 aromatic heterocycles. The standard InChI is InChI=1S/C18H18BrNO/c1-14-5-3-4-6-16(14)13-20(2)18(21)12-9-15-7-10-17(19)11-8-15/h3-12H,13H2,1-2H3/b12-9+. The molecule has 3 heteroatoms. The Morgan fingerprint density at radius 3 is 2.48 bits per heavy atom. The van der Waals surface area contributed by atoms with Gasteiger partial charge in [-0.2, -0.15) is 0 Å². The van der Waals surface area contributed by atoms with E-state index in [9.17, 15) is 4.79 Å². The molecule has 0 heterocycles. The monoisotopic (exact) mass is 343 g/mol. The van der Waals surface area contributed by atoms with Crippen molar-refractivity contribution < 1.29 is 4.79 Å². The number of hydrogen-bond donors (Lipinski definition) is 0. The highest BCUT2D eigenvalue weighted by molar-refractivity contribution is 9.10. The molecule has 0 aliphatic carbocycles. The summed E-state index contributed by atoms with van der Waals surface area (Å²) >= 11 is 3.39. The second kappa shape index (κ2) is 7.23. The first kappa shape index (κ1) is 15.5. The van der Waals surface area contributed by atoms with Gasteiger partial charge in [0.15, 0.2) is 0 Å². The van der Waals surface area contributed by atoms with Gasteiger partial charge in [-0.05, 0) is 41.8 Å². The smallest absolute Gasteiger partial charge is 0.246 e. The third-order valence-corrected chi connectivity index (χ3v) is 3.86. The van der Waals surface area contributed by atoms with Gasteiger partial charge in [0, 0.05) is 24.1 Å². The van der Waals surface area contributed by atoms with E-state index >= 15 is 0 Å². The van der Waals surface area contributed by atoms with Crippen LogP contribution in [0.25, 0.3) is 6.08 Å². The van der Waals surface area contributed by atoms with Crippen molar-refractivity contribution in [2.45, 2.75) is 13.5 Å². The largest absolute Gasteiger partial charge is 0.338 e. The molecule has 0 fully saturated rings. The number of benzene rings is 2. The highest BCUT2D eigenvalue weighted by Gasteiger charge is 2.07. The molecule has 0 saturated heterocycles. The zero-order valence-corrected chi connectivity index (χ0v) is 13.8. The Hall–Kier alpha value is -1.87. The van der Waals surface area contributed by atoms with Crippen molar-refractivity contribution in [2.24, 2.45) is 0 Å². The summed E-state index contributed by atoms with van der Waals surface area (Å²) in [4.78, 5) is 13.8. The first-order valence-corrected chi connectivity index (χ1v) is 7.59. The maximum Gasteiger partial charge on any atom is 0.246 e. The number of rotatable bonds is 4. The third-order valence-electron chi connectivity index (χ3n) is 3.33. The van der Waals surface area contributed by atoms with Crippen molar-refractivity contribution in [3.05, 3.63) is 75.8 Å². The zero-order chi connectivity index (χ0) is 15.2. The van der Waals surface area contributed by atoms with E-state index in [1.165, 1.54) is 11.1 Å². The number of nitrogens with zero attached hydrogens (tertiary/aromatic N) is 1. The number of halogens is 1. The minimum absolute atomic E-state index is 0.00109. The van der Waals surface area contributed by atoms with Gasteiger partial charge in [-0.15, -0.1) is 0 Å². The molecular weight excluding hydrogens is 326 g/mol. The Kier molecular flexibility index (Phi) is 5.34. The number of carbonyl (C=O) groups excluding carboxylic acids is 1. The normalized spacial score (nSPS) is 10.8. The average Bonchev–Trinajstić information content (AvgIpc) is 2.48. The van der Waals surface area contributed by atoms with Crippen LogP contribution in [-0.2, 0) is 11.3 Å². The first-order chi connectivity index (χ1) is 10.1. The molecule has 2 nitrogen and oxygen atoms in total. The summed E-state index contributed by atoms with van der Waals surface area (Å²) in [5.41, 5.74) is 3.38. The molecule has 0 atom stereocenters. The van der Waals surface area contributed by atoms with Crippen molar-refractivity contribution in [2.75, 3.05) is 7.05 Å². The van der Waals surface area contributed by atoms with E-state index < -0.39 is 0 Å². The van der Waals surface area contributed by atoms with E-state index in [1.807, 2.05) is 49.5 Å². The molecule has 2 aromatic rings. The summed E-state index contributed by atoms with van der Waals surface area (Å²) in [6.45, 7) is 2.68. The number of likely N-dealkylation sites (N-methyl/N-ethyl adjacent to an activating group) is 1. The van der Waals surface area contributed by atoms with Gasteiger partial charge >= 0.3 is 0 Å². The van der Waals surface area contributed by atoms with Crippen LogP contribution in [0.5, 0.6) is 0 Å². The summed E-state index contributed by atoms with van der Waals surface area (Å²) in [6.07, 6.45) is 3.45. The summed E-state index contributed by atoms with van der Waals surface area (Å²) < 4.78 is 1.03. The molecule has 1 amide bonds. The minimum Gasteiger partial charge on any atom is -0.338 e. The maximum absolute atomic E-state index is 12.1. The maximum atomic E-state index is 12.1.